The molecule has 0 saturated carbocycles. The highest BCUT2D eigenvalue weighted by molar-refractivity contribution is 6.31. The summed E-state index contributed by atoms with van der Waals surface area (Å²) in [5.74, 6) is 0.470. The zero-order valence-electron chi connectivity index (χ0n) is 12.7. The van der Waals surface area contributed by atoms with Gasteiger partial charge in [0.25, 0.3) is 5.91 Å². The monoisotopic (exact) mass is 332 g/mol. The minimum absolute atomic E-state index is 0.113. The first-order valence-corrected chi connectivity index (χ1v) is 7.73. The molecule has 23 heavy (non-hydrogen) atoms. The second-order valence-electron chi connectivity index (χ2n) is 5.18. The van der Waals surface area contributed by atoms with E-state index < -0.39 is 0 Å². The van der Waals surface area contributed by atoms with Gasteiger partial charge in [-0.1, -0.05) is 29.8 Å². The lowest BCUT2D eigenvalue weighted by Gasteiger charge is -2.34. The highest BCUT2D eigenvalue weighted by atomic mass is 35.5. The van der Waals surface area contributed by atoms with E-state index in [1.807, 2.05) is 24.3 Å². The summed E-state index contributed by atoms with van der Waals surface area (Å²) in [6.45, 7) is 1.93. The molecule has 2 heterocycles. The Hall–Kier alpha value is -2.18. The van der Waals surface area contributed by atoms with E-state index >= 15 is 0 Å². The number of anilines is 1. The molecule has 1 N–H and O–H groups in total. The number of aromatic nitrogens is 2. The van der Waals surface area contributed by atoms with Gasteiger partial charge < -0.3 is 15.0 Å². The Morgan fingerprint density at radius 1 is 1.30 bits per heavy atom. The third-order valence-electron chi connectivity index (χ3n) is 3.75. The van der Waals surface area contributed by atoms with Crippen molar-refractivity contribution in [2.24, 2.45) is 0 Å². The van der Waals surface area contributed by atoms with E-state index in [0.29, 0.717) is 23.9 Å². The van der Waals surface area contributed by atoms with E-state index in [4.69, 9.17) is 16.3 Å². The van der Waals surface area contributed by atoms with E-state index in [-0.39, 0.29) is 12.0 Å². The zero-order chi connectivity index (χ0) is 16.2. The first kappa shape index (κ1) is 15.7. The molecule has 1 amide bonds. The zero-order valence-corrected chi connectivity index (χ0v) is 13.5. The number of carbonyl (C=O) groups is 1. The fourth-order valence-electron chi connectivity index (χ4n) is 2.52. The maximum atomic E-state index is 11.5. The van der Waals surface area contributed by atoms with Crippen LogP contribution in [-0.4, -0.2) is 42.8 Å². The van der Waals surface area contributed by atoms with Gasteiger partial charge >= 0.3 is 0 Å². The summed E-state index contributed by atoms with van der Waals surface area (Å²) >= 11 is 6.25. The van der Waals surface area contributed by atoms with Crippen molar-refractivity contribution in [1.29, 1.82) is 0 Å². The number of carbonyl (C=O) groups excluding carboxylic acids is 1. The summed E-state index contributed by atoms with van der Waals surface area (Å²) in [5.41, 5.74) is 1.26. The van der Waals surface area contributed by atoms with Crippen LogP contribution in [0.3, 0.4) is 0 Å². The molecule has 6 nitrogen and oxygen atoms in total. The van der Waals surface area contributed by atoms with Gasteiger partial charge in [0.05, 0.1) is 6.61 Å². The van der Waals surface area contributed by atoms with E-state index in [0.717, 1.165) is 17.9 Å². The molecule has 1 saturated heterocycles. The molecule has 3 rings (SSSR count). The van der Waals surface area contributed by atoms with Crippen LogP contribution in [-0.2, 0) is 4.74 Å². The second-order valence-corrected chi connectivity index (χ2v) is 5.59. The van der Waals surface area contributed by atoms with Gasteiger partial charge in [-0.05, 0) is 18.2 Å². The van der Waals surface area contributed by atoms with Gasteiger partial charge in [0.1, 0.15) is 6.10 Å². The number of hydrogen-bond acceptors (Lipinski definition) is 5. The van der Waals surface area contributed by atoms with Crippen LogP contribution in [0.4, 0.5) is 5.82 Å². The normalized spacial score (nSPS) is 17.8. The third kappa shape index (κ3) is 3.43. The lowest BCUT2D eigenvalue weighted by molar-refractivity contribution is 0.0395. The lowest BCUT2D eigenvalue weighted by Crippen LogP contribution is -2.39. The number of nitrogens with one attached hydrogen (secondary N) is 1. The average molecular weight is 333 g/mol. The highest BCUT2D eigenvalue weighted by Gasteiger charge is 2.24. The molecule has 0 aliphatic carbocycles. The number of rotatable bonds is 3. The fraction of sp³-hybridized carbons (Fsp3) is 0.312. The van der Waals surface area contributed by atoms with E-state index in [1.54, 1.807) is 19.2 Å². The quantitative estimate of drug-likeness (QED) is 0.932. The predicted octanol–water partition coefficient (Wildman–Crippen LogP) is 2.07. The summed E-state index contributed by atoms with van der Waals surface area (Å²) < 4.78 is 5.84. The number of ether oxygens (including phenoxy) is 1. The minimum atomic E-state index is -0.250. The minimum Gasteiger partial charge on any atom is -0.370 e. The van der Waals surface area contributed by atoms with Crippen LogP contribution in [0.1, 0.15) is 22.2 Å². The van der Waals surface area contributed by atoms with Crippen molar-refractivity contribution in [3.63, 3.8) is 0 Å². The molecule has 1 aliphatic heterocycles. The van der Waals surface area contributed by atoms with Crippen LogP contribution < -0.4 is 10.2 Å². The molecule has 1 aromatic heterocycles. The van der Waals surface area contributed by atoms with Crippen molar-refractivity contribution in [3.8, 4) is 0 Å². The smallest absolute Gasteiger partial charge is 0.271 e. The van der Waals surface area contributed by atoms with Crippen LogP contribution in [0.2, 0.25) is 5.02 Å². The van der Waals surface area contributed by atoms with Crippen LogP contribution in [0, 0.1) is 0 Å². The molecule has 0 bridgehead atoms. The van der Waals surface area contributed by atoms with Crippen molar-refractivity contribution in [3.05, 3.63) is 52.7 Å². The molecule has 0 spiro atoms. The van der Waals surface area contributed by atoms with E-state index in [9.17, 15) is 4.79 Å². The molecule has 1 fully saturated rings. The van der Waals surface area contributed by atoms with Crippen molar-refractivity contribution in [2.75, 3.05) is 31.6 Å². The third-order valence-corrected chi connectivity index (χ3v) is 4.10. The summed E-state index contributed by atoms with van der Waals surface area (Å²) in [5, 5.41) is 11.3. The molecular formula is C16H17ClN4O2. The summed E-state index contributed by atoms with van der Waals surface area (Å²) in [4.78, 5) is 13.6. The van der Waals surface area contributed by atoms with Gasteiger partial charge in [0.15, 0.2) is 11.5 Å². The second kappa shape index (κ2) is 6.93. The first-order valence-electron chi connectivity index (χ1n) is 7.36. The Balaban J connectivity index is 1.76. The molecule has 1 atom stereocenters. The molecule has 1 unspecified atom stereocenters. The van der Waals surface area contributed by atoms with E-state index in [1.165, 1.54) is 0 Å². The summed E-state index contributed by atoms with van der Waals surface area (Å²) in [6.07, 6.45) is -0.113. The summed E-state index contributed by atoms with van der Waals surface area (Å²) in [6, 6.07) is 11.1. The lowest BCUT2D eigenvalue weighted by atomic mass is 10.1. The van der Waals surface area contributed by atoms with Crippen LogP contribution in [0.5, 0.6) is 0 Å². The van der Waals surface area contributed by atoms with Gasteiger partial charge in [0, 0.05) is 30.7 Å². The first-order chi connectivity index (χ1) is 11.2. The number of benzene rings is 1. The van der Waals surface area contributed by atoms with Gasteiger partial charge in [-0.3, -0.25) is 4.79 Å². The number of nitrogens with zero attached hydrogens (tertiary/aromatic N) is 3. The molecule has 7 heteroatoms. The standard InChI is InChI=1S/C16H17ClN4O2/c1-18-16(22)13-6-7-15(20-19-13)21-8-9-23-14(10-21)11-4-2-3-5-12(11)17/h2-7,14H,8-10H2,1H3,(H,18,22). The Labute approximate surface area is 139 Å². The van der Waals surface area contributed by atoms with Crippen molar-refractivity contribution < 1.29 is 9.53 Å². The Morgan fingerprint density at radius 2 is 2.13 bits per heavy atom. The summed E-state index contributed by atoms with van der Waals surface area (Å²) in [7, 11) is 1.56. The van der Waals surface area contributed by atoms with Gasteiger partial charge in [-0.25, -0.2) is 0 Å². The SMILES string of the molecule is CNC(=O)c1ccc(N2CCOC(c3ccccc3Cl)C2)nn1. The molecular weight excluding hydrogens is 316 g/mol. The van der Waals surface area contributed by atoms with Crippen LogP contribution in [0.15, 0.2) is 36.4 Å². The number of hydrogen-bond donors (Lipinski definition) is 1. The van der Waals surface area contributed by atoms with Crippen molar-refractivity contribution in [2.45, 2.75) is 6.10 Å². The Bertz CT molecular complexity index is 693. The molecule has 1 aliphatic rings. The number of morpholine rings is 1. The molecule has 1 aromatic carbocycles. The Morgan fingerprint density at radius 3 is 2.83 bits per heavy atom. The predicted molar refractivity (Wildman–Crippen MR) is 87.8 cm³/mol. The largest absolute Gasteiger partial charge is 0.370 e. The molecule has 2 aromatic rings. The molecule has 0 radical (unpaired) electrons. The highest BCUT2D eigenvalue weighted by Crippen LogP contribution is 2.29. The topological polar surface area (TPSA) is 67.4 Å². The van der Waals surface area contributed by atoms with E-state index in [2.05, 4.69) is 20.4 Å². The number of amides is 1. The van der Waals surface area contributed by atoms with Gasteiger partial charge in [-0.2, -0.15) is 0 Å². The molecule has 120 valence electrons. The fourth-order valence-corrected chi connectivity index (χ4v) is 2.78. The Kier molecular flexibility index (Phi) is 4.73. The van der Waals surface area contributed by atoms with Crippen molar-refractivity contribution >= 4 is 23.3 Å². The maximum absolute atomic E-state index is 11.5. The van der Waals surface area contributed by atoms with Gasteiger partial charge in [0.2, 0.25) is 0 Å². The average Bonchev–Trinajstić information content (AvgIpc) is 2.62. The number of halogens is 1. The van der Waals surface area contributed by atoms with Gasteiger partial charge in [-0.15, -0.1) is 10.2 Å². The van der Waals surface area contributed by atoms with Crippen LogP contribution in [0.25, 0.3) is 0 Å². The van der Waals surface area contributed by atoms with Crippen molar-refractivity contribution in [1.82, 2.24) is 15.5 Å². The van der Waals surface area contributed by atoms with Crippen LogP contribution >= 0.6 is 11.6 Å². The maximum Gasteiger partial charge on any atom is 0.271 e.